The summed E-state index contributed by atoms with van der Waals surface area (Å²) in [6.45, 7) is 2.14. The first-order valence-electron chi connectivity index (χ1n) is 8.41. The highest BCUT2D eigenvalue weighted by atomic mass is 32.2. The van der Waals surface area contributed by atoms with Crippen molar-refractivity contribution in [3.05, 3.63) is 35.4 Å². The quantitative estimate of drug-likeness (QED) is 0.622. The lowest BCUT2D eigenvalue weighted by Gasteiger charge is -2.07. The fourth-order valence-corrected chi connectivity index (χ4v) is 3.65. The van der Waals surface area contributed by atoms with Crippen LogP contribution < -0.4 is 0 Å². The minimum atomic E-state index is -3.66. The smallest absolute Gasteiger partial charge is 0.335 e. The summed E-state index contributed by atoms with van der Waals surface area (Å²) in [5, 5.41) is 9.10. The molecular weight excluding hydrogens is 300 g/mol. The first-order chi connectivity index (χ1) is 10.9. The van der Waals surface area contributed by atoms with Gasteiger partial charge in [-0.2, -0.15) is 0 Å². The molecule has 0 aliphatic heterocycles. The Bertz CT molecular complexity index is 598. The molecule has 0 bridgehead atoms. The highest BCUT2D eigenvalue weighted by Gasteiger charge is 2.16. The third-order valence-corrected chi connectivity index (χ3v) is 4.99. The van der Waals surface area contributed by atoms with Gasteiger partial charge in [0.15, 0.2) is 9.84 Å². The molecule has 1 atom stereocenters. The molecule has 0 aliphatic carbocycles. The van der Waals surface area contributed by atoms with E-state index in [1.165, 1.54) is 25.0 Å². The average Bonchev–Trinajstić information content (AvgIpc) is 2.50. The lowest BCUT2D eigenvalue weighted by atomic mass is 10.1. The standard InChI is InChI=1S/C17H26O4S/c1-2-3-4-5-6-7-10-13-22(20,21)14-15-11-8-9-12-16(15)17(18)19/h8-9,11-12H,2-7,10,13-14H2,1H3,(H,18,19)/i13D. The molecule has 0 radical (unpaired) electrons. The van der Waals surface area contributed by atoms with E-state index < -0.39 is 21.5 Å². The normalized spacial score (nSPS) is 13.6. The Hall–Kier alpha value is -1.36. The largest absolute Gasteiger partial charge is 0.478 e. The number of rotatable bonds is 11. The number of aromatic carboxylic acids is 1. The Labute approximate surface area is 134 Å². The first-order valence-corrected chi connectivity index (χ1v) is 9.55. The van der Waals surface area contributed by atoms with Crippen LogP contribution in [0.4, 0.5) is 0 Å². The maximum Gasteiger partial charge on any atom is 0.335 e. The van der Waals surface area contributed by atoms with Crippen LogP contribution in [0.15, 0.2) is 24.3 Å². The summed E-state index contributed by atoms with van der Waals surface area (Å²) in [4.78, 5) is 11.1. The van der Waals surface area contributed by atoms with E-state index in [-0.39, 0.29) is 16.9 Å². The molecule has 1 unspecified atom stereocenters. The fraction of sp³-hybridized carbons (Fsp3) is 0.588. The van der Waals surface area contributed by atoms with Crippen LogP contribution in [-0.2, 0) is 15.6 Å². The van der Waals surface area contributed by atoms with E-state index in [0.717, 1.165) is 25.7 Å². The van der Waals surface area contributed by atoms with Gasteiger partial charge in [0.25, 0.3) is 0 Å². The van der Waals surface area contributed by atoms with E-state index in [4.69, 9.17) is 6.48 Å². The summed E-state index contributed by atoms with van der Waals surface area (Å²) in [6, 6.07) is 6.07. The zero-order chi connectivity index (χ0) is 17.3. The van der Waals surface area contributed by atoms with Crippen molar-refractivity contribution in [2.45, 2.75) is 57.6 Å². The molecule has 0 saturated carbocycles. The van der Waals surface area contributed by atoms with Crippen LogP contribution in [0.5, 0.6) is 0 Å². The number of carbonyl (C=O) groups is 1. The molecule has 22 heavy (non-hydrogen) atoms. The van der Waals surface area contributed by atoms with Crippen LogP contribution in [0.1, 0.15) is 69.2 Å². The number of carboxylic acids is 1. The maximum absolute atomic E-state index is 12.3. The van der Waals surface area contributed by atoms with E-state index in [0.29, 0.717) is 6.42 Å². The molecule has 0 fully saturated rings. The molecule has 0 heterocycles. The molecule has 1 N–H and O–H groups in total. The van der Waals surface area contributed by atoms with Gasteiger partial charge in [0, 0.05) is 1.37 Å². The van der Waals surface area contributed by atoms with E-state index in [1.54, 1.807) is 12.1 Å². The van der Waals surface area contributed by atoms with Crippen LogP contribution in [0.2, 0.25) is 0 Å². The number of carboxylic acid groups (broad SMARTS) is 1. The van der Waals surface area contributed by atoms with Crippen molar-refractivity contribution in [2.24, 2.45) is 0 Å². The fourth-order valence-electron chi connectivity index (χ4n) is 2.32. The van der Waals surface area contributed by atoms with Crippen LogP contribution in [0.3, 0.4) is 0 Å². The van der Waals surface area contributed by atoms with Gasteiger partial charge < -0.3 is 5.11 Å². The number of hydrogen-bond acceptors (Lipinski definition) is 3. The highest BCUT2D eigenvalue weighted by molar-refractivity contribution is 7.90. The lowest BCUT2D eigenvalue weighted by molar-refractivity contribution is 0.0696. The molecule has 0 amide bonds. The van der Waals surface area contributed by atoms with Gasteiger partial charge in [-0.3, -0.25) is 0 Å². The topological polar surface area (TPSA) is 71.4 Å². The highest BCUT2D eigenvalue weighted by Crippen LogP contribution is 2.15. The molecule has 0 aromatic heterocycles. The summed E-state index contributed by atoms with van der Waals surface area (Å²) in [5.41, 5.74) is -0.946. The second-order valence-corrected chi connectivity index (χ2v) is 7.44. The molecule has 0 spiro atoms. The Morgan fingerprint density at radius 1 is 1.09 bits per heavy atom. The van der Waals surface area contributed by atoms with Crippen LogP contribution in [0.25, 0.3) is 0 Å². The lowest BCUT2D eigenvalue weighted by Crippen LogP contribution is -2.12. The summed E-state index contributed by atoms with van der Waals surface area (Å²) >= 11 is 0. The van der Waals surface area contributed by atoms with Crippen LogP contribution in [-0.4, -0.2) is 25.2 Å². The predicted octanol–water partition coefficient (Wildman–Crippen LogP) is 4.05. The SMILES string of the molecule is [2H]C(CCCCCCCC)S(=O)(=O)Cc1ccccc1C(=O)O. The number of benzene rings is 1. The zero-order valence-corrected chi connectivity index (χ0v) is 13.9. The van der Waals surface area contributed by atoms with Crippen molar-refractivity contribution >= 4 is 15.8 Å². The number of hydrogen-bond donors (Lipinski definition) is 1. The average molecular weight is 327 g/mol. The van der Waals surface area contributed by atoms with E-state index in [9.17, 15) is 13.2 Å². The van der Waals surface area contributed by atoms with E-state index in [1.807, 2.05) is 0 Å². The van der Waals surface area contributed by atoms with Crippen molar-refractivity contribution in [1.29, 1.82) is 0 Å². The molecule has 124 valence electrons. The summed E-state index contributed by atoms with van der Waals surface area (Å²) in [6.07, 6.45) is 6.55. The van der Waals surface area contributed by atoms with Crippen LogP contribution in [0, 0.1) is 0 Å². The van der Waals surface area contributed by atoms with Crippen molar-refractivity contribution < 1.29 is 19.7 Å². The van der Waals surface area contributed by atoms with Gasteiger partial charge in [0.2, 0.25) is 0 Å². The van der Waals surface area contributed by atoms with Gasteiger partial charge in [0.1, 0.15) is 0 Å². The summed E-state index contributed by atoms with van der Waals surface area (Å²) in [7, 11) is -3.66. The van der Waals surface area contributed by atoms with Gasteiger partial charge in [-0.05, 0) is 18.1 Å². The first kappa shape index (κ1) is 17.0. The molecule has 0 aliphatic rings. The minimum absolute atomic E-state index is 0.0113. The molecular formula is C17H26O4S. The van der Waals surface area contributed by atoms with Gasteiger partial charge >= 0.3 is 5.97 Å². The summed E-state index contributed by atoms with van der Waals surface area (Å²) in [5.74, 6) is -1.53. The van der Waals surface area contributed by atoms with Crippen molar-refractivity contribution in [3.8, 4) is 0 Å². The Balaban J connectivity index is 2.57. The second kappa shape index (κ2) is 9.62. The Kier molecular flexibility index (Phi) is 7.43. The van der Waals surface area contributed by atoms with E-state index >= 15 is 0 Å². The number of unbranched alkanes of at least 4 members (excludes halogenated alkanes) is 5. The monoisotopic (exact) mass is 327 g/mol. The Morgan fingerprint density at radius 3 is 2.32 bits per heavy atom. The molecule has 1 rings (SSSR count). The second-order valence-electron chi connectivity index (χ2n) is 5.49. The molecule has 0 saturated heterocycles. The maximum atomic E-state index is 12.3. The van der Waals surface area contributed by atoms with Crippen molar-refractivity contribution in [1.82, 2.24) is 0 Å². The zero-order valence-electron chi connectivity index (χ0n) is 14.1. The Morgan fingerprint density at radius 2 is 1.68 bits per heavy atom. The third-order valence-electron chi connectivity index (χ3n) is 3.53. The molecule has 1 aromatic rings. The third kappa shape index (κ3) is 7.07. The molecule has 4 nitrogen and oxygen atoms in total. The van der Waals surface area contributed by atoms with Crippen molar-refractivity contribution in [2.75, 3.05) is 5.73 Å². The van der Waals surface area contributed by atoms with Crippen molar-refractivity contribution in [3.63, 3.8) is 0 Å². The number of sulfone groups is 1. The van der Waals surface area contributed by atoms with Gasteiger partial charge in [-0.15, -0.1) is 0 Å². The summed E-state index contributed by atoms with van der Waals surface area (Å²) < 4.78 is 32.4. The molecule has 1 aromatic carbocycles. The molecule has 5 heteroatoms. The predicted molar refractivity (Wildman–Crippen MR) is 88.9 cm³/mol. The van der Waals surface area contributed by atoms with Gasteiger partial charge in [0.05, 0.1) is 17.0 Å². The minimum Gasteiger partial charge on any atom is -0.478 e. The van der Waals surface area contributed by atoms with Gasteiger partial charge in [-0.1, -0.05) is 63.6 Å². The van der Waals surface area contributed by atoms with Gasteiger partial charge in [-0.25, -0.2) is 13.2 Å². The van der Waals surface area contributed by atoms with E-state index in [2.05, 4.69) is 6.92 Å². The van der Waals surface area contributed by atoms with Crippen LogP contribution >= 0.6 is 0 Å².